The van der Waals surface area contributed by atoms with E-state index in [0.29, 0.717) is 0 Å². The fourth-order valence-electron chi connectivity index (χ4n) is 8.73. The number of para-hydroxylation sites is 2. The van der Waals surface area contributed by atoms with Crippen molar-refractivity contribution in [1.82, 2.24) is 0 Å². The number of anilines is 3. The number of rotatable bonds is 8. The normalized spacial score (nSPS) is 11.3. The second kappa shape index (κ2) is 15.1. The van der Waals surface area contributed by atoms with E-state index < -0.39 is 0 Å². The van der Waals surface area contributed by atoms with Gasteiger partial charge in [-0.1, -0.05) is 194 Å². The Hall–Kier alpha value is -7.94. The van der Waals surface area contributed by atoms with Crippen molar-refractivity contribution in [2.24, 2.45) is 0 Å². The van der Waals surface area contributed by atoms with Crippen LogP contribution >= 0.6 is 0 Å². The number of fused-ring (bicyclic) bond motifs is 4. The first-order valence-electron chi connectivity index (χ1n) is 20.5. The van der Waals surface area contributed by atoms with Crippen LogP contribution in [0.4, 0.5) is 17.1 Å². The SMILES string of the molecule is c1ccc(-c2ccc(-c3ccc(N(c4ccc(-c5ccc(-c6cccc7ccccc67)cc5)cc4)c4ccccc4-c4cccc5oc6ccccc6c45)cc3)cc2)cc1. The lowest BCUT2D eigenvalue weighted by atomic mass is 9.95. The zero-order valence-electron chi connectivity index (χ0n) is 32.9. The molecule has 0 aliphatic rings. The Morgan fingerprint density at radius 2 is 0.700 bits per heavy atom. The van der Waals surface area contributed by atoms with Crippen molar-refractivity contribution in [1.29, 1.82) is 0 Å². The number of hydrogen-bond donors (Lipinski definition) is 0. The van der Waals surface area contributed by atoms with Crippen LogP contribution in [0.1, 0.15) is 0 Å². The molecule has 11 rings (SSSR count). The highest BCUT2D eigenvalue weighted by Crippen LogP contribution is 2.45. The van der Waals surface area contributed by atoms with E-state index in [4.69, 9.17) is 4.42 Å². The first-order valence-corrected chi connectivity index (χ1v) is 20.5. The highest BCUT2D eigenvalue weighted by molar-refractivity contribution is 6.14. The van der Waals surface area contributed by atoms with E-state index in [1.165, 1.54) is 55.3 Å². The molecule has 0 spiro atoms. The van der Waals surface area contributed by atoms with Gasteiger partial charge in [0.25, 0.3) is 0 Å². The third-order valence-electron chi connectivity index (χ3n) is 11.7. The minimum absolute atomic E-state index is 0.883. The Kier molecular flexibility index (Phi) is 8.87. The fraction of sp³-hybridized carbons (Fsp3) is 0. The summed E-state index contributed by atoms with van der Waals surface area (Å²) in [7, 11) is 0. The Balaban J connectivity index is 0.988. The maximum absolute atomic E-state index is 6.36. The van der Waals surface area contributed by atoms with E-state index in [9.17, 15) is 0 Å². The molecule has 0 unspecified atom stereocenters. The highest BCUT2D eigenvalue weighted by atomic mass is 16.3. The van der Waals surface area contributed by atoms with Crippen LogP contribution in [0, 0.1) is 0 Å². The molecule has 2 nitrogen and oxygen atoms in total. The van der Waals surface area contributed by atoms with E-state index >= 15 is 0 Å². The summed E-state index contributed by atoms with van der Waals surface area (Å²) in [6.07, 6.45) is 0. The topological polar surface area (TPSA) is 16.4 Å². The number of benzene rings is 10. The number of furan rings is 1. The van der Waals surface area contributed by atoms with Gasteiger partial charge in [0.05, 0.1) is 5.69 Å². The molecule has 1 aromatic heterocycles. The van der Waals surface area contributed by atoms with Gasteiger partial charge in [-0.05, 0) is 103 Å². The first-order chi connectivity index (χ1) is 29.7. The van der Waals surface area contributed by atoms with E-state index in [0.717, 1.165) is 50.1 Å². The second-order valence-corrected chi connectivity index (χ2v) is 15.3. The lowest BCUT2D eigenvalue weighted by Crippen LogP contribution is -2.11. The standard InChI is InChI=1S/C58H39NO/c1-2-12-40(13-3-1)41-24-26-42(27-25-41)44-32-36-48(37-33-44)59(55-21-8-6-17-52(55)53-20-11-23-57-58(53)54-18-7-9-22-56(54)60-57)49-38-34-45(35-39-49)43-28-30-47(31-29-43)51-19-10-15-46-14-4-5-16-50(46)51/h1-39H. The van der Waals surface area contributed by atoms with E-state index in [1.54, 1.807) is 0 Å². The Labute approximate surface area is 349 Å². The molecule has 60 heavy (non-hydrogen) atoms. The molecule has 10 aromatic carbocycles. The Bertz CT molecular complexity index is 3270. The minimum atomic E-state index is 0.883. The van der Waals surface area contributed by atoms with Crippen LogP contribution in [-0.2, 0) is 0 Å². The van der Waals surface area contributed by atoms with Gasteiger partial charge in [0.1, 0.15) is 11.2 Å². The molecule has 0 saturated heterocycles. The second-order valence-electron chi connectivity index (χ2n) is 15.3. The predicted molar refractivity (Wildman–Crippen MR) is 253 cm³/mol. The Morgan fingerprint density at radius 1 is 0.267 bits per heavy atom. The van der Waals surface area contributed by atoms with Gasteiger partial charge in [0.15, 0.2) is 0 Å². The lowest BCUT2D eigenvalue weighted by molar-refractivity contribution is 0.669. The molecule has 282 valence electrons. The highest BCUT2D eigenvalue weighted by Gasteiger charge is 2.20. The van der Waals surface area contributed by atoms with Gasteiger partial charge < -0.3 is 9.32 Å². The van der Waals surface area contributed by atoms with Crippen LogP contribution in [0.5, 0.6) is 0 Å². The third kappa shape index (κ3) is 6.41. The lowest BCUT2D eigenvalue weighted by Gasteiger charge is -2.28. The van der Waals surface area contributed by atoms with Gasteiger partial charge in [-0.25, -0.2) is 0 Å². The zero-order valence-corrected chi connectivity index (χ0v) is 32.9. The van der Waals surface area contributed by atoms with Crippen molar-refractivity contribution in [2.75, 3.05) is 4.90 Å². The summed E-state index contributed by atoms with van der Waals surface area (Å²) in [5.41, 5.74) is 16.9. The van der Waals surface area contributed by atoms with Crippen LogP contribution in [0.25, 0.3) is 88.3 Å². The van der Waals surface area contributed by atoms with Crippen molar-refractivity contribution < 1.29 is 4.42 Å². The molecule has 0 aliphatic heterocycles. The van der Waals surface area contributed by atoms with Gasteiger partial charge in [0, 0.05) is 27.7 Å². The molecule has 0 atom stereocenters. The van der Waals surface area contributed by atoms with Gasteiger partial charge in [0.2, 0.25) is 0 Å². The molecule has 11 aromatic rings. The summed E-state index contributed by atoms with van der Waals surface area (Å²) in [6, 6.07) is 84.8. The smallest absolute Gasteiger partial charge is 0.136 e. The van der Waals surface area contributed by atoms with Crippen LogP contribution in [0.15, 0.2) is 241 Å². The molecular formula is C58H39NO. The average molecular weight is 766 g/mol. The van der Waals surface area contributed by atoms with Crippen LogP contribution < -0.4 is 4.90 Å². The van der Waals surface area contributed by atoms with Crippen LogP contribution in [0.3, 0.4) is 0 Å². The van der Waals surface area contributed by atoms with E-state index in [-0.39, 0.29) is 0 Å². The molecule has 2 heteroatoms. The molecule has 0 saturated carbocycles. The maximum Gasteiger partial charge on any atom is 0.136 e. The van der Waals surface area contributed by atoms with Crippen molar-refractivity contribution in [3.63, 3.8) is 0 Å². The molecular weight excluding hydrogens is 727 g/mol. The molecule has 1 heterocycles. The molecule has 0 N–H and O–H groups in total. The summed E-state index contributed by atoms with van der Waals surface area (Å²) < 4.78 is 6.36. The van der Waals surface area contributed by atoms with Crippen LogP contribution in [-0.4, -0.2) is 0 Å². The van der Waals surface area contributed by atoms with E-state index in [1.807, 2.05) is 12.1 Å². The van der Waals surface area contributed by atoms with Crippen molar-refractivity contribution in [3.8, 4) is 55.6 Å². The van der Waals surface area contributed by atoms with Crippen LogP contribution in [0.2, 0.25) is 0 Å². The summed E-state index contributed by atoms with van der Waals surface area (Å²) in [5, 5.41) is 4.76. The molecule has 0 aliphatic carbocycles. The predicted octanol–water partition coefficient (Wildman–Crippen LogP) is 16.5. The number of hydrogen-bond acceptors (Lipinski definition) is 2. The maximum atomic E-state index is 6.36. The fourth-order valence-corrected chi connectivity index (χ4v) is 8.73. The largest absolute Gasteiger partial charge is 0.456 e. The zero-order chi connectivity index (χ0) is 39.8. The Morgan fingerprint density at radius 3 is 1.37 bits per heavy atom. The first kappa shape index (κ1) is 35.2. The molecule has 0 bridgehead atoms. The van der Waals surface area contributed by atoms with Gasteiger partial charge in [-0.15, -0.1) is 0 Å². The van der Waals surface area contributed by atoms with Gasteiger partial charge in [-0.2, -0.15) is 0 Å². The van der Waals surface area contributed by atoms with Crippen molar-refractivity contribution in [2.45, 2.75) is 0 Å². The van der Waals surface area contributed by atoms with Crippen molar-refractivity contribution in [3.05, 3.63) is 237 Å². The summed E-state index contributed by atoms with van der Waals surface area (Å²) in [6.45, 7) is 0. The number of nitrogens with zero attached hydrogens (tertiary/aromatic N) is 1. The van der Waals surface area contributed by atoms with Gasteiger partial charge in [-0.3, -0.25) is 0 Å². The summed E-state index contributed by atoms with van der Waals surface area (Å²) in [5.74, 6) is 0. The molecule has 0 radical (unpaired) electrons. The quantitative estimate of drug-likeness (QED) is 0.153. The minimum Gasteiger partial charge on any atom is -0.456 e. The summed E-state index contributed by atoms with van der Waals surface area (Å²) >= 11 is 0. The molecule has 0 amide bonds. The average Bonchev–Trinajstić information content (AvgIpc) is 3.72. The summed E-state index contributed by atoms with van der Waals surface area (Å²) in [4.78, 5) is 2.38. The van der Waals surface area contributed by atoms with E-state index in [2.05, 4.69) is 229 Å². The monoisotopic (exact) mass is 765 g/mol. The molecule has 0 fully saturated rings. The van der Waals surface area contributed by atoms with Gasteiger partial charge >= 0.3 is 0 Å². The van der Waals surface area contributed by atoms with Crippen molar-refractivity contribution >= 4 is 49.8 Å². The third-order valence-corrected chi connectivity index (χ3v) is 11.7.